The van der Waals surface area contributed by atoms with Crippen LogP contribution in [-0.2, 0) is 0 Å². The van der Waals surface area contributed by atoms with E-state index in [2.05, 4.69) is 9.97 Å². The van der Waals surface area contributed by atoms with Gasteiger partial charge in [0.1, 0.15) is 17.0 Å². The average molecular weight is 190 g/mol. The number of fused-ring (bicyclic) bond motifs is 1. The quantitative estimate of drug-likeness (QED) is 0.639. The van der Waals surface area contributed by atoms with Crippen molar-refractivity contribution in [3.05, 3.63) is 34.2 Å². The number of aromatic amines is 1. The maximum atomic E-state index is 10.9. The normalized spacial score (nSPS) is 10.3. The second-order valence-electron chi connectivity index (χ2n) is 2.77. The third-order valence-electron chi connectivity index (χ3n) is 1.81. The molecule has 2 aromatic heterocycles. The van der Waals surface area contributed by atoms with Crippen molar-refractivity contribution >= 4 is 17.3 Å². The number of aromatic nitrogens is 2. The van der Waals surface area contributed by atoms with Crippen LogP contribution in [-0.4, -0.2) is 21.4 Å². The van der Waals surface area contributed by atoms with E-state index < -0.39 is 5.56 Å². The zero-order valence-electron chi connectivity index (χ0n) is 7.02. The second kappa shape index (κ2) is 2.95. The maximum absolute atomic E-state index is 10.9. The third kappa shape index (κ3) is 1.24. The van der Waals surface area contributed by atoms with E-state index in [4.69, 9.17) is 0 Å². The second-order valence-corrected chi connectivity index (χ2v) is 2.77. The first kappa shape index (κ1) is 8.43. The summed E-state index contributed by atoms with van der Waals surface area (Å²) in [4.78, 5) is 27.7. The minimum atomic E-state index is -0.407. The van der Waals surface area contributed by atoms with E-state index in [1.165, 1.54) is 12.1 Å². The molecule has 0 saturated heterocycles. The van der Waals surface area contributed by atoms with Crippen LogP contribution in [0, 0.1) is 0 Å². The number of hydrogen-bond donors (Lipinski definition) is 2. The van der Waals surface area contributed by atoms with Crippen LogP contribution in [0.15, 0.2) is 23.0 Å². The molecule has 2 heterocycles. The van der Waals surface area contributed by atoms with Gasteiger partial charge in [-0.2, -0.15) is 0 Å². The van der Waals surface area contributed by atoms with Crippen molar-refractivity contribution in [3.8, 4) is 5.75 Å². The summed E-state index contributed by atoms with van der Waals surface area (Å²) in [7, 11) is 0. The molecule has 0 fully saturated rings. The lowest BCUT2D eigenvalue weighted by atomic mass is 10.2. The molecule has 0 amide bonds. The fourth-order valence-electron chi connectivity index (χ4n) is 1.20. The summed E-state index contributed by atoms with van der Waals surface area (Å²) in [5.74, 6) is -0.229. The monoisotopic (exact) mass is 190 g/mol. The molecular formula is C9H6N2O3. The van der Waals surface area contributed by atoms with E-state index in [0.29, 0.717) is 11.8 Å². The molecule has 0 radical (unpaired) electrons. The smallest absolute Gasteiger partial charge is 0.252 e. The van der Waals surface area contributed by atoms with Gasteiger partial charge in [-0.1, -0.05) is 0 Å². The van der Waals surface area contributed by atoms with Gasteiger partial charge in [-0.05, 0) is 12.1 Å². The first-order chi connectivity index (χ1) is 6.70. The molecule has 2 aromatic rings. The highest BCUT2D eigenvalue weighted by molar-refractivity contribution is 5.84. The number of carbonyl (C=O) groups excluding carboxylic acids is 1. The van der Waals surface area contributed by atoms with Gasteiger partial charge in [-0.3, -0.25) is 9.59 Å². The van der Waals surface area contributed by atoms with Crippen molar-refractivity contribution in [1.82, 2.24) is 9.97 Å². The van der Waals surface area contributed by atoms with Gasteiger partial charge in [0.15, 0.2) is 6.29 Å². The lowest BCUT2D eigenvalue weighted by Crippen LogP contribution is -2.04. The van der Waals surface area contributed by atoms with Crippen LogP contribution < -0.4 is 5.56 Å². The highest BCUT2D eigenvalue weighted by atomic mass is 16.3. The zero-order valence-corrected chi connectivity index (χ0v) is 7.02. The fourth-order valence-corrected chi connectivity index (χ4v) is 1.20. The molecule has 5 nitrogen and oxygen atoms in total. The van der Waals surface area contributed by atoms with Crippen molar-refractivity contribution < 1.29 is 9.90 Å². The predicted molar refractivity (Wildman–Crippen MR) is 49.4 cm³/mol. The van der Waals surface area contributed by atoms with Gasteiger partial charge in [0.05, 0.1) is 5.52 Å². The van der Waals surface area contributed by atoms with Crippen LogP contribution in [0.2, 0.25) is 0 Å². The lowest BCUT2D eigenvalue weighted by molar-refractivity contribution is 0.111. The Hall–Kier alpha value is -2.17. The number of rotatable bonds is 1. The molecule has 0 unspecified atom stereocenters. The molecule has 2 rings (SSSR count). The number of H-pyrrole nitrogens is 1. The maximum Gasteiger partial charge on any atom is 0.252 e. The molecule has 2 N–H and O–H groups in total. The number of aldehydes is 1. The van der Waals surface area contributed by atoms with Gasteiger partial charge in [0.25, 0.3) is 5.56 Å². The molecule has 0 aromatic carbocycles. The summed E-state index contributed by atoms with van der Waals surface area (Å²) in [5, 5.41) is 9.37. The van der Waals surface area contributed by atoms with Crippen LogP contribution in [0.4, 0.5) is 0 Å². The molecule has 0 saturated carbocycles. The summed E-state index contributed by atoms with van der Waals surface area (Å²) in [6, 6.07) is 4.00. The fraction of sp³-hybridized carbons (Fsp3) is 0. The Morgan fingerprint density at radius 1 is 1.43 bits per heavy atom. The number of aromatic hydroxyl groups is 1. The van der Waals surface area contributed by atoms with Gasteiger partial charge in [0, 0.05) is 6.07 Å². The standard InChI is InChI=1S/C9H6N2O3/c12-4-5-1-2-6-9(10-5)7(13)3-8(14)11-6/h1-4H,(H2,11,13,14). The minimum Gasteiger partial charge on any atom is -0.505 e. The molecule has 0 spiro atoms. The molecule has 0 bridgehead atoms. The molecular weight excluding hydrogens is 184 g/mol. The van der Waals surface area contributed by atoms with Crippen LogP contribution in [0.1, 0.15) is 10.5 Å². The summed E-state index contributed by atoms with van der Waals surface area (Å²) < 4.78 is 0. The van der Waals surface area contributed by atoms with E-state index in [9.17, 15) is 14.7 Å². The number of carbonyl (C=O) groups is 1. The first-order valence-electron chi connectivity index (χ1n) is 3.89. The van der Waals surface area contributed by atoms with Crippen LogP contribution >= 0.6 is 0 Å². The molecule has 0 aliphatic carbocycles. The largest absolute Gasteiger partial charge is 0.505 e. The highest BCUT2D eigenvalue weighted by Crippen LogP contribution is 2.17. The highest BCUT2D eigenvalue weighted by Gasteiger charge is 2.03. The van der Waals surface area contributed by atoms with Gasteiger partial charge < -0.3 is 10.1 Å². The number of pyridine rings is 2. The number of hydrogen-bond acceptors (Lipinski definition) is 4. The zero-order chi connectivity index (χ0) is 10.1. The van der Waals surface area contributed by atoms with Crippen molar-refractivity contribution in [2.75, 3.05) is 0 Å². The topological polar surface area (TPSA) is 83.0 Å². The lowest BCUT2D eigenvalue weighted by Gasteiger charge is -1.99. The van der Waals surface area contributed by atoms with Crippen LogP contribution in [0.5, 0.6) is 5.75 Å². The Balaban J connectivity index is 2.88. The molecule has 0 atom stereocenters. The van der Waals surface area contributed by atoms with Crippen LogP contribution in [0.25, 0.3) is 11.0 Å². The van der Waals surface area contributed by atoms with Crippen molar-refractivity contribution in [2.45, 2.75) is 0 Å². The Morgan fingerprint density at radius 2 is 2.21 bits per heavy atom. The Kier molecular flexibility index (Phi) is 1.78. The molecule has 5 heteroatoms. The van der Waals surface area contributed by atoms with Gasteiger partial charge in [-0.25, -0.2) is 4.98 Å². The van der Waals surface area contributed by atoms with Crippen LogP contribution in [0.3, 0.4) is 0 Å². The Bertz CT molecular complexity index is 559. The number of nitrogens with zero attached hydrogens (tertiary/aromatic N) is 1. The van der Waals surface area contributed by atoms with Crippen molar-refractivity contribution in [1.29, 1.82) is 0 Å². The van der Waals surface area contributed by atoms with Gasteiger partial charge >= 0.3 is 0 Å². The average Bonchev–Trinajstić information content (AvgIpc) is 2.17. The molecule has 0 aliphatic heterocycles. The predicted octanol–water partition coefficient (Wildman–Crippen LogP) is 0.441. The first-order valence-corrected chi connectivity index (χ1v) is 3.89. The summed E-state index contributed by atoms with van der Waals surface area (Å²) in [6.07, 6.45) is 0.573. The molecule has 0 aliphatic rings. The summed E-state index contributed by atoms with van der Waals surface area (Å²) in [5.41, 5.74) is 0.422. The van der Waals surface area contributed by atoms with E-state index in [1.807, 2.05) is 0 Å². The van der Waals surface area contributed by atoms with Crippen molar-refractivity contribution in [2.24, 2.45) is 0 Å². The summed E-state index contributed by atoms with van der Waals surface area (Å²) >= 11 is 0. The van der Waals surface area contributed by atoms with E-state index in [0.717, 1.165) is 6.07 Å². The van der Waals surface area contributed by atoms with Crippen molar-refractivity contribution in [3.63, 3.8) is 0 Å². The third-order valence-corrected chi connectivity index (χ3v) is 1.81. The Labute approximate surface area is 78.0 Å². The summed E-state index contributed by atoms with van der Waals surface area (Å²) in [6.45, 7) is 0. The van der Waals surface area contributed by atoms with E-state index in [-0.39, 0.29) is 17.0 Å². The Morgan fingerprint density at radius 3 is 2.93 bits per heavy atom. The van der Waals surface area contributed by atoms with Gasteiger partial charge in [-0.15, -0.1) is 0 Å². The van der Waals surface area contributed by atoms with E-state index >= 15 is 0 Å². The molecule has 14 heavy (non-hydrogen) atoms. The number of nitrogens with one attached hydrogen (secondary N) is 1. The SMILES string of the molecule is O=Cc1ccc2[nH]c(=O)cc(O)c2n1. The minimum absolute atomic E-state index is 0.208. The molecule has 70 valence electrons. The van der Waals surface area contributed by atoms with Gasteiger partial charge in [0.2, 0.25) is 0 Å². The van der Waals surface area contributed by atoms with E-state index in [1.54, 1.807) is 0 Å².